The summed E-state index contributed by atoms with van der Waals surface area (Å²) in [5, 5.41) is 22.2. The van der Waals surface area contributed by atoms with Gasteiger partial charge in [-0.2, -0.15) is 0 Å². The van der Waals surface area contributed by atoms with Gasteiger partial charge in [-0.3, -0.25) is 9.98 Å². The number of carbonyl (C=O) groups excluding carboxylic acids is 2. The molecule has 0 radical (unpaired) electrons. The van der Waals surface area contributed by atoms with E-state index in [9.17, 15) is 19.8 Å². The van der Waals surface area contributed by atoms with Crippen molar-refractivity contribution in [1.82, 2.24) is 0 Å². The summed E-state index contributed by atoms with van der Waals surface area (Å²) in [6.07, 6.45) is 93.0. The average Bonchev–Trinajstić information content (AvgIpc) is 0.813. The average molecular weight is 1780 g/mol. The lowest BCUT2D eigenvalue weighted by Gasteiger charge is -2.19. The van der Waals surface area contributed by atoms with Gasteiger partial charge in [-0.1, -0.05) is 465 Å². The Labute approximate surface area is 784 Å². The lowest BCUT2D eigenvalue weighted by atomic mass is 10.1. The van der Waals surface area contributed by atoms with Gasteiger partial charge in [0, 0.05) is 23.6 Å². The summed E-state index contributed by atoms with van der Waals surface area (Å²) in [7, 11) is 0. The Hall–Kier alpha value is -6.44. The number of unbranched alkanes of at least 4 members (excludes halogenated alkanes) is 66. The summed E-state index contributed by atoms with van der Waals surface area (Å²) in [6, 6.07) is 16.3. The third-order valence-electron chi connectivity index (χ3n) is 25.3. The molecule has 730 valence electrons. The second-order valence-corrected chi connectivity index (χ2v) is 37.3. The number of benzene rings is 4. The van der Waals surface area contributed by atoms with Gasteiger partial charge >= 0.3 is 11.9 Å². The van der Waals surface area contributed by atoms with Crippen LogP contribution in [-0.4, -0.2) is 87.3 Å². The van der Waals surface area contributed by atoms with Gasteiger partial charge in [-0.25, -0.2) is 9.59 Å². The van der Waals surface area contributed by atoms with E-state index in [-0.39, 0.29) is 47.2 Å². The van der Waals surface area contributed by atoms with Crippen LogP contribution in [0.1, 0.15) is 536 Å². The minimum absolute atomic E-state index is 0.0311. The molecule has 4 aromatic rings. The van der Waals surface area contributed by atoms with Crippen LogP contribution in [0, 0.1) is 0 Å². The van der Waals surface area contributed by atoms with Crippen LogP contribution in [0.25, 0.3) is 0 Å². The number of rotatable bonds is 93. The van der Waals surface area contributed by atoms with E-state index < -0.39 is 11.9 Å². The van der Waals surface area contributed by atoms with Crippen LogP contribution in [0.2, 0.25) is 0 Å². The molecule has 128 heavy (non-hydrogen) atoms. The number of aromatic hydroxyl groups is 2. The fourth-order valence-electron chi connectivity index (χ4n) is 17.0. The largest absolute Gasteiger partial charge is 0.507 e. The molecule has 4 rings (SSSR count). The van der Waals surface area contributed by atoms with Crippen LogP contribution < -0.4 is 37.9 Å². The standard InChI is InChI=1S/C114H192N2O12/c1-7-13-19-25-31-37-43-49-55-61-67-73-85-121-107-93-99(94-108(122-86-74-68-62-56-50-44-38-32-26-20-14-8-2)111(107)125-89-77-71-65-59-53-47-41-35-29-23-17-11-5)113(119)127-103-79-81-105(117)101(91-103)97-115-83-84-116-98-102-92-104(80-82-106(102)118)128-114(120)100-95-109(123-87-75-69-63-57-51-45-39-33-27-21-15-9-3)112(126-90-78-72-66-60-54-48-42-36-30-24-18-12-6)110(96-100)124-88-76-70-64-58-52-46-40-34-28-22-16-10-4/h79-82,91-98,117-118H,7-78,83-90H2,1-6H3. The van der Waals surface area contributed by atoms with Crippen molar-refractivity contribution >= 4 is 24.4 Å². The number of hydrogen-bond acceptors (Lipinski definition) is 14. The Kier molecular flexibility index (Phi) is 74.4. The predicted molar refractivity (Wildman–Crippen MR) is 543 cm³/mol. The molecule has 2 N–H and O–H groups in total. The van der Waals surface area contributed by atoms with E-state index >= 15 is 0 Å². The van der Waals surface area contributed by atoms with Crippen LogP contribution >= 0.6 is 0 Å². The molecule has 0 aliphatic heterocycles. The summed E-state index contributed by atoms with van der Waals surface area (Å²) in [4.78, 5) is 38.2. The number of nitrogens with zero attached hydrogens (tertiary/aromatic N) is 2. The first-order valence-electron chi connectivity index (χ1n) is 54.4. The molecule has 0 atom stereocenters. The zero-order chi connectivity index (χ0) is 91.4. The third kappa shape index (κ3) is 60.6. The van der Waals surface area contributed by atoms with Crippen molar-refractivity contribution < 1.29 is 57.7 Å². The number of aliphatic imine (C=N–C) groups is 2. The number of phenolic OH excluding ortho intramolecular Hbond substituents is 2. The highest BCUT2D eigenvalue weighted by Gasteiger charge is 2.24. The maximum absolute atomic E-state index is 14.5. The van der Waals surface area contributed by atoms with Crippen LogP contribution in [0.5, 0.6) is 57.5 Å². The predicted octanol–water partition coefficient (Wildman–Crippen LogP) is 35.6. The van der Waals surface area contributed by atoms with Crippen LogP contribution in [0.15, 0.2) is 70.6 Å². The van der Waals surface area contributed by atoms with E-state index in [4.69, 9.17) is 37.9 Å². The van der Waals surface area contributed by atoms with Gasteiger partial charge < -0.3 is 48.1 Å². The van der Waals surface area contributed by atoms with Gasteiger partial charge in [0.15, 0.2) is 23.0 Å². The van der Waals surface area contributed by atoms with E-state index in [0.717, 1.165) is 77.0 Å². The van der Waals surface area contributed by atoms with E-state index in [1.54, 1.807) is 48.5 Å². The highest BCUT2D eigenvalue weighted by Crippen LogP contribution is 2.43. The smallest absolute Gasteiger partial charge is 0.343 e. The van der Waals surface area contributed by atoms with Crippen LogP contribution in [0.3, 0.4) is 0 Å². The first-order valence-corrected chi connectivity index (χ1v) is 54.4. The first kappa shape index (κ1) is 114. The topological polar surface area (TPSA) is 173 Å². The number of esters is 2. The van der Waals surface area contributed by atoms with Gasteiger partial charge in [-0.15, -0.1) is 0 Å². The molecule has 0 fully saturated rings. The lowest BCUT2D eigenvalue weighted by molar-refractivity contribution is 0.0724. The normalized spacial score (nSPS) is 11.6. The van der Waals surface area contributed by atoms with E-state index in [1.807, 2.05) is 0 Å². The second kappa shape index (κ2) is 83.6. The lowest BCUT2D eigenvalue weighted by Crippen LogP contribution is -2.12. The van der Waals surface area contributed by atoms with Gasteiger partial charge in [-0.05, 0) is 99.2 Å². The Morgan fingerprint density at radius 3 is 0.594 bits per heavy atom. The number of hydrogen-bond donors (Lipinski definition) is 2. The van der Waals surface area contributed by atoms with Gasteiger partial charge in [0.1, 0.15) is 23.0 Å². The van der Waals surface area contributed by atoms with Gasteiger partial charge in [0.05, 0.1) is 63.9 Å². The first-order chi connectivity index (χ1) is 63.1. The summed E-state index contributed by atoms with van der Waals surface area (Å²) < 4.78 is 52.2. The van der Waals surface area contributed by atoms with Crippen LogP contribution in [0.4, 0.5) is 0 Å². The minimum Gasteiger partial charge on any atom is -0.507 e. The summed E-state index contributed by atoms with van der Waals surface area (Å²) in [5.41, 5.74) is 1.28. The zero-order valence-corrected chi connectivity index (χ0v) is 83.4. The van der Waals surface area contributed by atoms with Crippen LogP contribution in [-0.2, 0) is 0 Å². The number of ether oxygens (including phenoxy) is 8. The summed E-state index contributed by atoms with van der Waals surface area (Å²) in [5.74, 6) is 2.26. The summed E-state index contributed by atoms with van der Waals surface area (Å²) in [6.45, 7) is 17.1. The SMILES string of the molecule is CCCCCCCCCCCCCCOc1cc(C(=O)Oc2ccc(O)c(C=NCCN=Cc3cc(OC(=O)c4cc(OCCCCCCCCCCCCCC)c(OCCCCCCCCCCCCCC)c(OCCCCCCCCCCCCCC)c4)ccc3O)c2)cc(OCCCCCCCCCCCCCC)c1OCCCCCCCCCCCCCC. The molecule has 0 saturated heterocycles. The third-order valence-corrected chi connectivity index (χ3v) is 25.3. The van der Waals surface area contributed by atoms with Crippen molar-refractivity contribution in [2.75, 3.05) is 52.7 Å². The van der Waals surface area contributed by atoms with Crippen molar-refractivity contribution in [1.29, 1.82) is 0 Å². The van der Waals surface area contributed by atoms with E-state index in [1.165, 1.54) is 410 Å². The molecule has 0 saturated carbocycles. The summed E-state index contributed by atoms with van der Waals surface area (Å²) >= 11 is 0. The molecule has 4 aromatic carbocycles. The minimum atomic E-state index is -0.592. The molecule has 0 heterocycles. The zero-order valence-electron chi connectivity index (χ0n) is 83.4. The molecule has 0 aromatic heterocycles. The number of carbonyl (C=O) groups is 2. The maximum atomic E-state index is 14.5. The van der Waals surface area contributed by atoms with Crippen molar-refractivity contribution in [3.8, 4) is 57.5 Å². The quantitative estimate of drug-likeness (QED) is 0.0186. The molecular formula is C114H192N2O12. The molecule has 0 aliphatic carbocycles. The van der Waals surface area contributed by atoms with Crippen molar-refractivity contribution in [3.63, 3.8) is 0 Å². The Morgan fingerprint density at radius 1 is 0.234 bits per heavy atom. The molecule has 0 bridgehead atoms. The Morgan fingerprint density at radius 2 is 0.406 bits per heavy atom. The van der Waals surface area contributed by atoms with Crippen molar-refractivity contribution in [2.45, 2.75) is 504 Å². The van der Waals surface area contributed by atoms with E-state index in [2.05, 4.69) is 51.5 Å². The van der Waals surface area contributed by atoms with Gasteiger partial charge in [0.2, 0.25) is 11.5 Å². The highest BCUT2D eigenvalue weighted by atomic mass is 16.6. The fourth-order valence-corrected chi connectivity index (χ4v) is 17.0. The molecular weight excluding hydrogens is 1590 g/mol. The maximum Gasteiger partial charge on any atom is 0.343 e. The molecule has 0 unspecified atom stereocenters. The van der Waals surface area contributed by atoms with E-state index in [0.29, 0.717) is 85.3 Å². The highest BCUT2D eigenvalue weighted by molar-refractivity contribution is 5.94. The second-order valence-electron chi connectivity index (χ2n) is 37.3. The van der Waals surface area contributed by atoms with Gasteiger partial charge in [0.25, 0.3) is 0 Å². The van der Waals surface area contributed by atoms with Crippen molar-refractivity contribution in [3.05, 3.63) is 82.9 Å². The Bertz CT molecular complexity index is 3000. The number of phenols is 2. The molecule has 0 aliphatic rings. The molecule has 0 amide bonds. The fraction of sp³-hybridized carbons (Fsp3) is 0.754. The van der Waals surface area contributed by atoms with Crippen molar-refractivity contribution in [2.24, 2.45) is 9.98 Å². The molecule has 14 heteroatoms. The monoisotopic (exact) mass is 1780 g/mol. The Balaban J connectivity index is 1.50. The molecule has 0 spiro atoms. The molecule has 14 nitrogen and oxygen atoms in total.